The number of hydrogen-bond donors (Lipinski definition) is 1. The third kappa shape index (κ3) is 1.78. The molecule has 3 nitrogen and oxygen atoms in total. The lowest BCUT2D eigenvalue weighted by molar-refractivity contribution is 0.596. The molecule has 1 aliphatic heterocycles. The maximum Gasteiger partial charge on any atom is 0.206 e. The van der Waals surface area contributed by atoms with Crippen LogP contribution in [-0.4, -0.2) is 15.0 Å². The normalized spacial score (nSPS) is 14.0. The maximum absolute atomic E-state index is 12.4. The van der Waals surface area contributed by atoms with E-state index in [0.29, 0.717) is 9.79 Å². The van der Waals surface area contributed by atoms with Gasteiger partial charge in [0, 0.05) is 12.2 Å². The predicted molar refractivity (Wildman–Crippen MR) is 70.5 cm³/mol. The van der Waals surface area contributed by atoms with Gasteiger partial charge in [0.25, 0.3) is 0 Å². The van der Waals surface area contributed by atoms with Crippen LogP contribution in [0.2, 0.25) is 0 Å². The van der Waals surface area contributed by atoms with Crippen LogP contribution in [0.3, 0.4) is 0 Å². The summed E-state index contributed by atoms with van der Waals surface area (Å²) >= 11 is 0. The second-order valence-electron chi connectivity index (χ2n) is 4.31. The first-order chi connectivity index (χ1) is 8.68. The summed E-state index contributed by atoms with van der Waals surface area (Å²) < 4.78 is 24.8. The van der Waals surface area contributed by atoms with Gasteiger partial charge in [0.1, 0.15) is 0 Å². The van der Waals surface area contributed by atoms with Crippen molar-refractivity contribution < 1.29 is 8.42 Å². The van der Waals surface area contributed by atoms with Crippen LogP contribution in [0.5, 0.6) is 0 Å². The highest BCUT2D eigenvalue weighted by molar-refractivity contribution is 7.91. The van der Waals surface area contributed by atoms with Gasteiger partial charge in [-0.1, -0.05) is 24.3 Å². The monoisotopic (exact) mass is 259 g/mol. The smallest absolute Gasteiger partial charge is 0.206 e. The molecule has 92 valence electrons. The summed E-state index contributed by atoms with van der Waals surface area (Å²) in [6.07, 6.45) is 0.959. The molecule has 0 atom stereocenters. The van der Waals surface area contributed by atoms with Crippen molar-refractivity contribution in [2.75, 3.05) is 11.9 Å². The van der Waals surface area contributed by atoms with Gasteiger partial charge in [0.2, 0.25) is 9.84 Å². The van der Waals surface area contributed by atoms with Crippen molar-refractivity contribution in [2.24, 2.45) is 0 Å². The van der Waals surface area contributed by atoms with E-state index in [1.54, 1.807) is 36.4 Å². The first-order valence-corrected chi connectivity index (χ1v) is 7.33. The Labute approximate surface area is 106 Å². The van der Waals surface area contributed by atoms with E-state index in [1.807, 2.05) is 12.1 Å². The number of benzene rings is 2. The average molecular weight is 259 g/mol. The summed E-state index contributed by atoms with van der Waals surface area (Å²) in [6.45, 7) is 0.879. The Kier molecular flexibility index (Phi) is 2.59. The molecule has 1 heterocycles. The van der Waals surface area contributed by atoms with Crippen molar-refractivity contribution in [2.45, 2.75) is 16.2 Å². The Bertz CT molecular complexity index is 678. The van der Waals surface area contributed by atoms with Gasteiger partial charge in [-0.3, -0.25) is 0 Å². The molecule has 0 saturated heterocycles. The molecule has 1 N–H and O–H groups in total. The lowest BCUT2D eigenvalue weighted by Gasteiger charge is -2.06. The van der Waals surface area contributed by atoms with Crippen LogP contribution in [0.1, 0.15) is 5.56 Å². The summed E-state index contributed by atoms with van der Waals surface area (Å²) in [4.78, 5) is 0.685. The average Bonchev–Trinajstić information content (AvgIpc) is 2.87. The van der Waals surface area contributed by atoms with E-state index in [9.17, 15) is 8.42 Å². The van der Waals surface area contributed by atoms with E-state index in [0.717, 1.165) is 18.7 Å². The lowest BCUT2D eigenvalue weighted by Crippen LogP contribution is -2.02. The summed E-state index contributed by atoms with van der Waals surface area (Å²) in [5, 5.41) is 3.20. The molecule has 0 aliphatic carbocycles. The van der Waals surface area contributed by atoms with Crippen LogP contribution in [0.15, 0.2) is 58.3 Å². The highest BCUT2D eigenvalue weighted by atomic mass is 32.2. The third-order valence-corrected chi connectivity index (χ3v) is 4.92. The largest absolute Gasteiger partial charge is 0.384 e. The fraction of sp³-hybridized carbons (Fsp3) is 0.143. The minimum Gasteiger partial charge on any atom is -0.384 e. The standard InChI is InChI=1S/C14H13NO2S/c16-18(17,12-4-2-1-3-5-12)13-7-6-11-8-9-15-14(11)10-13/h1-7,10,15H,8-9H2. The van der Waals surface area contributed by atoms with Gasteiger partial charge < -0.3 is 5.32 Å². The van der Waals surface area contributed by atoms with Gasteiger partial charge in [-0.15, -0.1) is 0 Å². The number of anilines is 1. The van der Waals surface area contributed by atoms with Crippen molar-refractivity contribution in [3.05, 3.63) is 54.1 Å². The topological polar surface area (TPSA) is 46.2 Å². The third-order valence-electron chi connectivity index (χ3n) is 3.15. The molecule has 2 aromatic rings. The molecule has 0 radical (unpaired) electrons. The highest BCUT2D eigenvalue weighted by Crippen LogP contribution is 2.28. The molecule has 0 bridgehead atoms. The quantitative estimate of drug-likeness (QED) is 0.901. The molecule has 0 spiro atoms. The van der Waals surface area contributed by atoms with Gasteiger partial charge in [-0.25, -0.2) is 8.42 Å². The predicted octanol–water partition coefficient (Wildman–Crippen LogP) is 2.49. The Morgan fingerprint density at radius 1 is 0.944 bits per heavy atom. The molecule has 0 unspecified atom stereocenters. The minimum atomic E-state index is -3.40. The van der Waals surface area contributed by atoms with Crippen molar-refractivity contribution in [1.29, 1.82) is 0 Å². The molecule has 0 aromatic heterocycles. The van der Waals surface area contributed by atoms with Crippen LogP contribution < -0.4 is 5.32 Å². The summed E-state index contributed by atoms with van der Waals surface area (Å²) in [5.41, 5.74) is 2.12. The zero-order chi connectivity index (χ0) is 12.6. The molecule has 0 fully saturated rings. The molecule has 3 rings (SSSR count). The molecular formula is C14H13NO2S. The van der Waals surface area contributed by atoms with E-state index in [-0.39, 0.29) is 0 Å². The Morgan fingerprint density at radius 2 is 1.72 bits per heavy atom. The van der Waals surface area contributed by atoms with Crippen molar-refractivity contribution in [1.82, 2.24) is 0 Å². The molecular weight excluding hydrogens is 246 g/mol. The van der Waals surface area contributed by atoms with Gasteiger partial charge in [-0.05, 0) is 36.2 Å². The Balaban J connectivity index is 2.10. The minimum absolute atomic E-state index is 0.336. The highest BCUT2D eigenvalue weighted by Gasteiger charge is 2.20. The zero-order valence-electron chi connectivity index (χ0n) is 9.76. The van der Waals surface area contributed by atoms with Gasteiger partial charge in [-0.2, -0.15) is 0 Å². The number of rotatable bonds is 2. The van der Waals surface area contributed by atoms with Crippen LogP contribution in [0.4, 0.5) is 5.69 Å². The molecule has 1 aliphatic rings. The zero-order valence-corrected chi connectivity index (χ0v) is 10.6. The van der Waals surface area contributed by atoms with Crippen LogP contribution in [-0.2, 0) is 16.3 Å². The molecule has 0 saturated carbocycles. The Morgan fingerprint density at radius 3 is 2.50 bits per heavy atom. The van der Waals surface area contributed by atoms with Crippen molar-refractivity contribution in [3.63, 3.8) is 0 Å². The van der Waals surface area contributed by atoms with E-state index in [2.05, 4.69) is 5.32 Å². The fourth-order valence-electron chi connectivity index (χ4n) is 2.17. The van der Waals surface area contributed by atoms with Gasteiger partial charge >= 0.3 is 0 Å². The molecule has 0 amide bonds. The first kappa shape index (κ1) is 11.3. The van der Waals surface area contributed by atoms with Gasteiger partial charge in [0.05, 0.1) is 9.79 Å². The van der Waals surface area contributed by atoms with Crippen molar-refractivity contribution >= 4 is 15.5 Å². The number of sulfone groups is 1. The van der Waals surface area contributed by atoms with E-state index >= 15 is 0 Å². The summed E-state index contributed by atoms with van der Waals surface area (Å²) in [5.74, 6) is 0. The van der Waals surface area contributed by atoms with E-state index in [4.69, 9.17) is 0 Å². The molecule has 2 aromatic carbocycles. The van der Waals surface area contributed by atoms with Crippen LogP contribution in [0.25, 0.3) is 0 Å². The van der Waals surface area contributed by atoms with Crippen LogP contribution >= 0.6 is 0 Å². The fourth-order valence-corrected chi connectivity index (χ4v) is 3.48. The summed E-state index contributed by atoms with van der Waals surface area (Å²) in [6, 6.07) is 13.8. The number of nitrogens with one attached hydrogen (secondary N) is 1. The lowest BCUT2D eigenvalue weighted by atomic mass is 10.2. The summed E-state index contributed by atoms with van der Waals surface area (Å²) in [7, 11) is -3.40. The van der Waals surface area contributed by atoms with Crippen LogP contribution in [0, 0.1) is 0 Å². The van der Waals surface area contributed by atoms with Gasteiger partial charge in [0.15, 0.2) is 0 Å². The molecule has 18 heavy (non-hydrogen) atoms. The maximum atomic E-state index is 12.4. The second-order valence-corrected chi connectivity index (χ2v) is 6.26. The van der Waals surface area contributed by atoms with E-state index < -0.39 is 9.84 Å². The SMILES string of the molecule is O=S(=O)(c1ccccc1)c1ccc2c(c1)NCC2. The molecule has 4 heteroatoms. The van der Waals surface area contributed by atoms with E-state index in [1.165, 1.54) is 5.56 Å². The Hall–Kier alpha value is -1.81. The van der Waals surface area contributed by atoms with Crippen molar-refractivity contribution in [3.8, 4) is 0 Å². The number of fused-ring (bicyclic) bond motifs is 1. The first-order valence-electron chi connectivity index (χ1n) is 5.85. The number of hydrogen-bond acceptors (Lipinski definition) is 3. The second kappa shape index (κ2) is 4.14.